The molecule has 0 aliphatic rings. The molecular formula is C14H23NS2. The van der Waals surface area contributed by atoms with E-state index in [4.69, 9.17) is 5.73 Å². The van der Waals surface area contributed by atoms with Gasteiger partial charge in [-0.25, -0.2) is 0 Å². The van der Waals surface area contributed by atoms with Crippen molar-refractivity contribution < 1.29 is 0 Å². The molecule has 17 heavy (non-hydrogen) atoms. The summed E-state index contributed by atoms with van der Waals surface area (Å²) in [4.78, 5) is 1.38. The molecule has 0 radical (unpaired) electrons. The van der Waals surface area contributed by atoms with Crippen molar-refractivity contribution in [3.63, 3.8) is 0 Å². The van der Waals surface area contributed by atoms with Crippen molar-refractivity contribution in [2.24, 2.45) is 11.7 Å². The van der Waals surface area contributed by atoms with Gasteiger partial charge in [-0.05, 0) is 42.3 Å². The van der Waals surface area contributed by atoms with E-state index in [0.717, 1.165) is 24.6 Å². The van der Waals surface area contributed by atoms with Gasteiger partial charge in [0, 0.05) is 16.4 Å². The van der Waals surface area contributed by atoms with Gasteiger partial charge in [0.05, 0.1) is 0 Å². The Balaban J connectivity index is 2.29. The highest BCUT2D eigenvalue weighted by molar-refractivity contribution is 7.99. The lowest BCUT2D eigenvalue weighted by atomic mass is 10.2. The minimum Gasteiger partial charge on any atom is -0.330 e. The lowest BCUT2D eigenvalue weighted by Gasteiger charge is -2.06. The summed E-state index contributed by atoms with van der Waals surface area (Å²) in [6.07, 6.45) is 1.12. The number of benzene rings is 1. The van der Waals surface area contributed by atoms with E-state index in [2.05, 4.69) is 38.1 Å². The van der Waals surface area contributed by atoms with Crippen LogP contribution >= 0.6 is 23.5 Å². The number of hydrogen-bond acceptors (Lipinski definition) is 3. The summed E-state index contributed by atoms with van der Waals surface area (Å²) in [5.41, 5.74) is 6.89. The summed E-state index contributed by atoms with van der Waals surface area (Å²) in [7, 11) is 0. The highest BCUT2D eigenvalue weighted by atomic mass is 32.2. The molecular weight excluding hydrogens is 246 g/mol. The van der Waals surface area contributed by atoms with Gasteiger partial charge >= 0.3 is 0 Å². The predicted molar refractivity (Wildman–Crippen MR) is 81.8 cm³/mol. The molecule has 2 N–H and O–H groups in total. The smallest absolute Gasteiger partial charge is 0.0184 e. The molecule has 0 unspecified atom stereocenters. The molecule has 3 heteroatoms. The second kappa shape index (κ2) is 8.90. The van der Waals surface area contributed by atoms with Crippen molar-refractivity contribution in [1.82, 2.24) is 0 Å². The second-order valence-electron chi connectivity index (χ2n) is 4.54. The third-order valence-electron chi connectivity index (χ3n) is 2.27. The Hall–Kier alpha value is -0.120. The average Bonchev–Trinajstić information content (AvgIpc) is 2.33. The van der Waals surface area contributed by atoms with E-state index in [0.29, 0.717) is 0 Å². The van der Waals surface area contributed by atoms with E-state index < -0.39 is 0 Å². The molecule has 0 aliphatic carbocycles. The number of hydrogen-bond donors (Lipinski definition) is 1. The molecule has 0 heterocycles. The van der Waals surface area contributed by atoms with Crippen LogP contribution in [-0.4, -0.2) is 18.1 Å². The van der Waals surface area contributed by atoms with Gasteiger partial charge in [0.1, 0.15) is 0 Å². The zero-order chi connectivity index (χ0) is 12.5. The second-order valence-corrected chi connectivity index (χ2v) is 6.74. The Bertz CT molecular complexity index is 296. The van der Waals surface area contributed by atoms with Gasteiger partial charge in [0.15, 0.2) is 0 Å². The molecule has 1 aromatic rings. The molecule has 0 spiro atoms. The molecule has 1 rings (SSSR count). The monoisotopic (exact) mass is 269 g/mol. The molecule has 0 saturated heterocycles. The predicted octanol–water partition coefficient (Wildman–Crippen LogP) is 4.02. The van der Waals surface area contributed by atoms with Crippen LogP contribution in [-0.2, 0) is 5.75 Å². The van der Waals surface area contributed by atoms with E-state index in [1.165, 1.54) is 22.0 Å². The maximum absolute atomic E-state index is 5.47. The quantitative estimate of drug-likeness (QED) is 0.570. The summed E-state index contributed by atoms with van der Waals surface area (Å²) in [6, 6.07) is 8.98. The van der Waals surface area contributed by atoms with Crippen molar-refractivity contribution >= 4 is 23.5 Å². The van der Waals surface area contributed by atoms with Crippen LogP contribution in [0.15, 0.2) is 29.2 Å². The van der Waals surface area contributed by atoms with Gasteiger partial charge in [-0.15, -0.1) is 11.8 Å². The maximum Gasteiger partial charge on any atom is 0.0184 e. The topological polar surface area (TPSA) is 26.0 Å². The summed E-state index contributed by atoms with van der Waals surface area (Å²) in [6.45, 7) is 5.32. The van der Waals surface area contributed by atoms with Gasteiger partial charge in [-0.1, -0.05) is 26.0 Å². The lowest BCUT2D eigenvalue weighted by Crippen LogP contribution is -1.99. The molecule has 1 aromatic carbocycles. The van der Waals surface area contributed by atoms with Crippen molar-refractivity contribution in [2.75, 3.05) is 18.1 Å². The fourth-order valence-corrected chi connectivity index (χ4v) is 3.12. The minimum atomic E-state index is 0.756. The van der Waals surface area contributed by atoms with E-state index in [9.17, 15) is 0 Å². The van der Waals surface area contributed by atoms with E-state index in [-0.39, 0.29) is 0 Å². The van der Waals surface area contributed by atoms with Crippen LogP contribution in [0.3, 0.4) is 0 Å². The molecule has 1 nitrogen and oxygen atoms in total. The summed E-state index contributed by atoms with van der Waals surface area (Å²) in [5, 5.41) is 0. The summed E-state index contributed by atoms with van der Waals surface area (Å²) < 4.78 is 0. The first-order chi connectivity index (χ1) is 8.22. The van der Waals surface area contributed by atoms with Crippen LogP contribution < -0.4 is 5.73 Å². The zero-order valence-electron chi connectivity index (χ0n) is 10.8. The Kier molecular flexibility index (Phi) is 7.82. The minimum absolute atomic E-state index is 0.756. The van der Waals surface area contributed by atoms with Crippen LogP contribution in [0.5, 0.6) is 0 Å². The van der Waals surface area contributed by atoms with Gasteiger partial charge < -0.3 is 5.73 Å². The third kappa shape index (κ3) is 7.02. The number of nitrogens with two attached hydrogens (primary N) is 1. The SMILES string of the molecule is CC(C)CSc1ccc(CSCCCN)cc1. The van der Waals surface area contributed by atoms with Crippen molar-refractivity contribution in [3.05, 3.63) is 29.8 Å². The first kappa shape index (κ1) is 14.9. The summed E-state index contributed by atoms with van der Waals surface area (Å²) >= 11 is 3.91. The number of rotatable bonds is 8. The van der Waals surface area contributed by atoms with Crippen LogP contribution in [0.2, 0.25) is 0 Å². The normalized spacial score (nSPS) is 11.1. The van der Waals surface area contributed by atoms with Gasteiger partial charge in [-0.2, -0.15) is 11.8 Å². The van der Waals surface area contributed by atoms with Crippen LogP contribution in [0.4, 0.5) is 0 Å². The maximum atomic E-state index is 5.47. The van der Waals surface area contributed by atoms with Crippen molar-refractivity contribution in [1.29, 1.82) is 0 Å². The number of thioether (sulfide) groups is 2. The fraction of sp³-hybridized carbons (Fsp3) is 0.571. The molecule has 0 fully saturated rings. The Morgan fingerprint density at radius 3 is 2.47 bits per heavy atom. The first-order valence-corrected chi connectivity index (χ1v) is 8.36. The van der Waals surface area contributed by atoms with Crippen molar-refractivity contribution in [3.8, 4) is 0 Å². The van der Waals surface area contributed by atoms with Crippen LogP contribution in [0.25, 0.3) is 0 Å². The molecule has 0 amide bonds. The van der Waals surface area contributed by atoms with E-state index in [1.807, 2.05) is 23.5 Å². The lowest BCUT2D eigenvalue weighted by molar-refractivity contribution is 0.750. The van der Waals surface area contributed by atoms with Crippen LogP contribution in [0.1, 0.15) is 25.8 Å². The molecule has 96 valence electrons. The first-order valence-electron chi connectivity index (χ1n) is 6.22. The third-order valence-corrected chi connectivity index (χ3v) is 4.82. The Morgan fingerprint density at radius 1 is 1.18 bits per heavy atom. The molecule has 0 atom stereocenters. The Labute approximate surface area is 114 Å². The molecule has 0 aromatic heterocycles. The van der Waals surface area contributed by atoms with Gasteiger partial charge in [0.25, 0.3) is 0 Å². The highest BCUT2D eigenvalue weighted by Gasteiger charge is 1.98. The van der Waals surface area contributed by atoms with Crippen LogP contribution in [0, 0.1) is 5.92 Å². The highest BCUT2D eigenvalue weighted by Crippen LogP contribution is 2.22. The molecule has 0 bridgehead atoms. The van der Waals surface area contributed by atoms with E-state index in [1.54, 1.807) is 0 Å². The standard InChI is InChI=1S/C14H23NS2/c1-12(2)10-17-14-6-4-13(5-7-14)11-16-9-3-8-15/h4-7,12H,3,8-11,15H2,1-2H3. The fourth-order valence-electron chi connectivity index (χ4n) is 1.32. The zero-order valence-corrected chi connectivity index (χ0v) is 12.4. The van der Waals surface area contributed by atoms with Gasteiger partial charge in [0.2, 0.25) is 0 Å². The summed E-state index contributed by atoms with van der Waals surface area (Å²) in [5.74, 6) is 4.23. The molecule has 0 aliphatic heterocycles. The molecule has 0 saturated carbocycles. The van der Waals surface area contributed by atoms with E-state index >= 15 is 0 Å². The Morgan fingerprint density at radius 2 is 1.88 bits per heavy atom. The average molecular weight is 269 g/mol. The largest absolute Gasteiger partial charge is 0.330 e. The van der Waals surface area contributed by atoms with Gasteiger partial charge in [-0.3, -0.25) is 0 Å². The van der Waals surface area contributed by atoms with Crippen molar-refractivity contribution in [2.45, 2.75) is 30.9 Å².